The molecule has 1 spiro atoms. The zero-order valence-corrected chi connectivity index (χ0v) is 16.3. The zero-order chi connectivity index (χ0) is 19.1. The summed E-state index contributed by atoms with van der Waals surface area (Å²) in [4.78, 5) is 4.80. The first kappa shape index (κ1) is 17.5. The largest absolute Gasteiger partial charge is 0.455 e. The first-order valence-corrected chi connectivity index (χ1v) is 9.74. The summed E-state index contributed by atoms with van der Waals surface area (Å²) in [6.45, 7) is 0. The topological polar surface area (TPSA) is 79.3 Å². The number of hydrogen-bond donors (Lipinski definition) is 1. The summed E-state index contributed by atoms with van der Waals surface area (Å²) in [6, 6.07) is 11.3. The minimum Gasteiger partial charge on any atom is -0.455 e. The lowest BCUT2D eigenvalue weighted by molar-refractivity contribution is 0.418. The normalized spacial score (nSPS) is 17.1. The van der Waals surface area contributed by atoms with Crippen molar-refractivity contribution in [2.24, 2.45) is 4.99 Å². The molecule has 0 bridgehead atoms. The van der Waals surface area contributed by atoms with Gasteiger partial charge in [0.15, 0.2) is 11.6 Å². The van der Waals surface area contributed by atoms with Gasteiger partial charge in [-0.15, -0.1) is 5.10 Å². The minimum atomic E-state index is -0.313. The van der Waals surface area contributed by atoms with Crippen molar-refractivity contribution in [1.82, 2.24) is 20.6 Å². The quantitative estimate of drug-likeness (QED) is 0.604. The van der Waals surface area contributed by atoms with E-state index in [1.807, 2.05) is 30.3 Å². The second-order valence-corrected chi connectivity index (χ2v) is 7.68. The van der Waals surface area contributed by atoms with Crippen LogP contribution in [-0.2, 0) is 5.54 Å². The standard InChI is InChI=1S/C19H16Cl2N6O/c20-13-6-3-5-12(18-23-25-26-24-18)17(13)28-15-8-4-7-14-16(15)19(9-1-2-10-19)22-11-27(14)21/h3-8,11H,1-2,9-10H2,(H,23,24,25,26). The van der Waals surface area contributed by atoms with Crippen molar-refractivity contribution in [2.75, 3.05) is 4.42 Å². The van der Waals surface area contributed by atoms with Crippen molar-refractivity contribution in [3.8, 4) is 22.9 Å². The van der Waals surface area contributed by atoms with Gasteiger partial charge < -0.3 is 4.74 Å². The summed E-state index contributed by atoms with van der Waals surface area (Å²) in [7, 11) is 0. The van der Waals surface area contributed by atoms with E-state index in [0.29, 0.717) is 27.9 Å². The molecule has 1 fully saturated rings. The molecule has 2 aromatic carbocycles. The van der Waals surface area contributed by atoms with Gasteiger partial charge in [0.1, 0.15) is 12.1 Å². The molecule has 0 saturated heterocycles. The van der Waals surface area contributed by atoms with E-state index in [1.165, 1.54) is 4.42 Å². The number of aromatic nitrogens is 4. The van der Waals surface area contributed by atoms with Crippen LogP contribution in [0.4, 0.5) is 5.69 Å². The van der Waals surface area contributed by atoms with Crippen LogP contribution >= 0.6 is 23.4 Å². The summed E-state index contributed by atoms with van der Waals surface area (Å²) in [5, 5.41) is 14.5. The number of para-hydroxylation sites is 1. The maximum atomic E-state index is 6.49. The molecule has 0 amide bonds. The van der Waals surface area contributed by atoms with E-state index in [4.69, 9.17) is 33.1 Å². The van der Waals surface area contributed by atoms with Crippen LogP contribution < -0.4 is 9.16 Å². The summed E-state index contributed by atoms with van der Waals surface area (Å²) >= 11 is 12.9. The highest BCUT2D eigenvalue weighted by Crippen LogP contribution is 2.53. The number of fused-ring (bicyclic) bond motifs is 2. The van der Waals surface area contributed by atoms with E-state index >= 15 is 0 Å². The van der Waals surface area contributed by atoms with Crippen molar-refractivity contribution in [3.05, 3.63) is 47.0 Å². The molecular weight excluding hydrogens is 399 g/mol. The Labute approximate surface area is 171 Å². The van der Waals surface area contributed by atoms with Crippen molar-refractivity contribution >= 4 is 35.4 Å². The van der Waals surface area contributed by atoms with Crippen LogP contribution in [0.25, 0.3) is 11.4 Å². The minimum absolute atomic E-state index is 0.313. The van der Waals surface area contributed by atoms with Gasteiger partial charge >= 0.3 is 0 Å². The molecule has 9 heteroatoms. The molecule has 1 aromatic heterocycles. The highest BCUT2D eigenvalue weighted by atomic mass is 35.5. The summed E-state index contributed by atoms with van der Waals surface area (Å²) in [5.74, 6) is 1.65. The Hall–Kier alpha value is -2.64. The van der Waals surface area contributed by atoms with E-state index in [9.17, 15) is 0 Å². The van der Waals surface area contributed by atoms with Crippen LogP contribution in [0.5, 0.6) is 11.5 Å². The number of nitrogens with zero attached hydrogens (tertiary/aromatic N) is 5. The van der Waals surface area contributed by atoms with Gasteiger partial charge in [-0.3, -0.25) is 4.99 Å². The monoisotopic (exact) mass is 414 g/mol. The van der Waals surface area contributed by atoms with E-state index in [2.05, 4.69) is 20.6 Å². The molecule has 142 valence electrons. The molecule has 0 atom stereocenters. The number of ether oxygens (including phenoxy) is 1. The third-order valence-electron chi connectivity index (χ3n) is 5.32. The Morgan fingerprint density at radius 3 is 2.71 bits per heavy atom. The number of aromatic amines is 1. The molecule has 1 aliphatic carbocycles. The first-order valence-electron chi connectivity index (χ1n) is 9.02. The number of rotatable bonds is 3. The Morgan fingerprint density at radius 1 is 1.11 bits per heavy atom. The highest BCUT2D eigenvalue weighted by molar-refractivity contribution is 6.34. The second-order valence-electron chi connectivity index (χ2n) is 6.91. The van der Waals surface area contributed by atoms with E-state index in [-0.39, 0.29) is 5.54 Å². The highest BCUT2D eigenvalue weighted by Gasteiger charge is 2.42. The van der Waals surface area contributed by atoms with Crippen LogP contribution in [0, 0.1) is 0 Å². The maximum absolute atomic E-state index is 6.49. The van der Waals surface area contributed by atoms with Crippen molar-refractivity contribution in [1.29, 1.82) is 0 Å². The third kappa shape index (κ3) is 2.73. The summed E-state index contributed by atoms with van der Waals surface area (Å²) in [5.41, 5.74) is 2.24. The van der Waals surface area contributed by atoms with Gasteiger partial charge in [-0.2, -0.15) is 0 Å². The number of halogens is 2. The van der Waals surface area contributed by atoms with Gasteiger partial charge in [0.05, 0.1) is 21.8 Å². The number of H-pyrrole nitrogens is 1. The summed E-state index contributed by atoms with van der Waals surface area (Å²) < 4.78 is 7.90. The van der Waals surface area contributed by atoms with Gasteiger partial charge in [0.2, 0.25) is 0 Å². The molecular formula is C19H16Cl2N6O. The molecule has 5 rings (SSSR count). The van der Waals surface area contributed by atoms with Gasteiger partial charge in [0.25, 0.3) is 0 Å². The van der Waals surface area contributed by atoms with E-state index < -0.39 is 0 Å². The molecule has 7 nitrogen and oxygen atoms in total. The first-order chi connectivity index (χ1) is 13.7. The van der Waals surface area contributed by atoms with Crippen molar-refractivity contribution in [2.45, 2.75) is 31.2 Å². The smallest absolute Gasteiger partial charge is 0.183 e. The van der Waals surface area contributed by atoms with E-state index in [0.717, 1.165) is 36.9 Å². The third-order valence-corrected chi connectivity index (χ3v) is 5.88. The Bertz CT molecular complexity index is 1050. The summed E-state index contributed by atoms with van der Waals surface area (Å²) in [6.07, 6.45) is 5.86. The average molecular weight is 415 g/mol. The van der Waals surface area contributed by atoms with Crippen LogP contribution in [0.15, 0.2) is 41.4 Å². The fourth-order valence-electron chi connectivity index (χ4n) is 4.06. The average Bonchev–Trinajstić information content (AvgIpc) is 3.39. The van der Waals surface area contributed by atoms with E-state index in [1.54, 1.807) is 12.4 Å². The number of tetrazole rings is 1. The molecule has 1 N–H and O–H groups in total. The predicted molar refractivity (Wildman–Crippen MR) is 108 cm³/mol. The molecule has 2 aliphatic rings. The van der Waals surface area contributed by atoms with Crippen LogP contribution in [0.3, 0.4) is 0 Å². The molecule has 28 heavy (non-hydrogen) atoms. The van der Waals surface area contributed by atoms with Crippen LogP contribution in [-0.4, -0.2) is 27.0 Å². The lowest BCUT2D eigenvalue weighted by Gasteiger charge is -2.34. The SMILES string of the molecule is Clc1cccc(-c2nnn[nH]2)c1Oc1cccc2c1C1(CCCC1)N=CN2Cl. The molecule has 1 saturated carbocycles. The van der Waals surface area contributed by atoms with Gasteiger partial charge in [-0.25, -0.2) is 9.52 Å². The zero-order valence-electron chi connectivity index (χ0n) is 14.8. The maximum Gasteiger partial charge on any atom is 0.183 e. The molecule has 0 radical (unpaired) electrons. The number of nitrogens with one attached hydrogen (secondary N) is 1. The Kier molecular flexibility index (Phi) is 4.21. The number of hydrogen-bond acceptors (Lipinski definition) is 6. The second kappa shape index (κ2) is 6.76. The van der Waals surface area contributed by atoms with Crippen LogP contribution in [0.1, 0.15) is 31.2 Å². The lowest BCUT2D eigenvalue weighted by Crippen LogP contribution is -2.29. The van der Waals surface area contributed by atoms with Crippen molar-refractivity contribution in [3.63, 3.8) is 0 Å². The molecule has 0 unspecified atom stereocenters. The fourth-order valence-corrected chi connectivity index (χ4v) is 4.46. The van der Waals surface area contributed by atoms with Crippen molar-refractivity contribution < 1.29 is 4.74 Å². The molecule has 3 aromatic rings. The van der Waals surface area contributed by atoms with Gasteiger partial charge in [-0.1, -0.05) is 36.6 Å². The fraction of sp³-hybridized carbons (Fsp3) is 0.263. The number of aliphatic imine (C=N–C) groups is 1. The molecule has 1 aliphatic heterocycles. The number of anilines is 1. The van der Waals surface area contributed by atoms with Gasteiger partial charge in [0, 0.05) is 17.3 Å². The number of benzene rings is 2. The lowest BCUT2D eigenvalue weighted by atomic mass is 9.86. The van der Waals surface area contributed by atoms with Crippen LogP contribution in [0.2, 0.25) is 5.02 Å². The Morgan fingerprint density at radius 2 is 1.93 bits per heavy atom. The van der Waals surface area contributed by atoms with Gasteiger partial charge in [-0.05, 0) is 47.5 Å². The Balaban J connectivity index is 1.65. The molecule has 2 heterocycles. The predicted octanol–water partition coefficient (Wildman–Crippen LogP) is 5.08.